The molecule has 26 heavy (non-hydrogen) atoms. The summed E-state index contributed by atoms with van der Waals surface area (Å²) in [5.41, 5.74) is 6.04. The Balaban J connectivity index is 1.53. The number of benzene rings is 2. The van der Waals surface area contributed by atoms with Crippen molar-refractivity contribution in [2.75, 3.05) is 33.7 Å². The maximum absolute atomic E-state index is 4.09. The minimum absolute atomic E-state index is 0.475. The van der Waals surface area contributed by atoms with Crippen LogP contribution in [0.2, 0.25) is 0 Å². The number of likely N-dealkylation sites (N-methyl/N-ethyl adjacent to an activating group) is 2. The molecular weight excluding hydrogens is 320 g/mol. The molecule has 0 amide bonds. The van der Waals surface area contributed by atoms with Crippen LogP contribution in [0.25, 0.3) is 22.3 Å². The Morgan fingerprint density at radius 1 is 0.731 bits per heavy atom. The summed E-state index contributed by atoms with van der Waals surface area (Å²) in [5.74, 6) is 0. The van der Waals surface area contributed by atoms with Crippen LogP contribution in [-0.2, 0) is 0 Å². The van der Waals surface area contributed by atoms with Gasteiger partial charge in [0.05, 0.1) is 0 Å². The van der Waals surface area contributed by atoms with E-state index in [0.29, 0.717) is 6.04 Å². The molecule has 2 aromatic carbocycles. The first-order valence-corrected chi connectivity index (χ1v) is 9.05. The van der Waals surface area contributed by atoms with Crippen molar-refractivity contribution in [3.63, 3.8) is 0 Å². The molecule has 1 aliphatic heterocycles. The first-order chi connectivity index (χ1) is 12.7. The van der Waals surface area contributed by atoms with Crippen LogP contribution in [0.3, 0.4) is 0 Å². The van der Waals surface area contributed by atoms with Gasteiger partial charge in [0, 0.05) is 43.6 Å². The van der Waals surface area contributed by atoms with Gasteiger partial charge in [0.2, 0.25) is 0 Å². The average Bonchev–Trinajstić information content (AvgIpc) is 2.71. The quantitative estimate of drug-likeness (QED) is 0.725. The van der Waals surface area contributed by atoms with Crippen molar-refractivity contribution in [1.82, 2.24) is 19.8 Å². The third kappa shape index (κ3) is 3.52. The zero-order valence-corrected chi connectivity index (χ0v) is 15.3. The van der Waals surface area contributed by atoms with Gasteiger partial charge in [0.25, 0.3) is 0 Å². The lowest BCUT2D eigenvalue weighted by atomic mass is 9.97. The van der Waals surface area contributed by atoms with E-state index in [4.69, 9.17) is 0 Å². The lowest BCUT2D eigenvalue weighted by Crippen LogP contribution is -2.44. The molecule has 4 heteroatoms. The topological polar surface area (TPSA) is 32.3 Å². The molecule has 1 atom stereocenters. The Morgan fingerprint density at radius 3 is 1.88 bits per heavy atom. The summed E-state index contributed by atoms with van der Waals surface area (Å²) in [6.45, 7) is 3.35. The Morgan fingerprint density at radius 2 is 1.27 bits per heavy atom. The Labute approximate surface area is 155 Å². The molecule has 2 heterocycles. The maximum atomic E-state index is 4.09. The van der Waals surface area contributed by atoms with E-state index >= 15 is 0 Å². The van der Waals surface area contributed by atoms with Crippen LogP contribution < -0.4 is 0 Å². The second-order valence-electron chi connectivity index (χ2n) is 7.09. The number of hydrogen-bond donors (Lipinski definition) is 0. The molecule has 1 aliphatic rings. The van der Waals surface area contributed by atoms with Gasteiger partial charge in [-0.1, -0.05) is 48.5 Å². The smallest absolute Gasteiger partial charge is 0.115 e. The normalized spacial score (nSPS) is 18.8. The fourth-order valence-corrected chi connectivity index (χ4v) is 3.57. The van der Waals surface area contributed by atoms with Crippen molar-refractivity contribution in [1.29, 1.82) is 0 Å². The number of aromatic nitrogens is 2. The molecule has 132 valence electrons. The van der Waals surface area contributed by atoms with Crippen molar-refractivity contribution in [3.05, 3.63) is 72.8 Å². The minimum atomic E-state index is 0.475. The zero-order valence-electron chi connectivity index (χ0n) is 15.3. The highest BCUT2D eigenvalue weighted by Gasteiger charge is 2.23. The molecule has 0 aliphatic carbocycles. The first-order valence-electron chi connectivity index (χ1n) is 9.05. The molecule has 0 saturated carbocycles. The lowest BCUT2D eigenvalue weighted by molar-refractivity contribution is 0.115. The molecule has 3 aromatic rings. The Bertz CT molecular complexity index is 844. The first kappa shape index (κ1) is 16.9. The predicted molar refractivity (Wildman–Crippen MR) is 106 cm³/mol. The third-order valence-electron chi connectivity index (χ3n) is 5.26. The molecule has 0 N–H and O–H groups in total. The van der Waals surface area contributed by atoms with E-state index < -0.39 is 0 Å². The summed E-state index contributed by atoms with van der Waals surface area (Å²) in [7, 11) is 4.42. The molecule has 0 bridgehead atoms. The van der Waals surface area contributed by atoms with Gasteiger partial charge in [-0.15, -0.1) is 0 Å². The summed E-state index contributed by atoms with van der Waals surface area (Å²) < 4.78 is 0. The highest BCUT2D eigenvalue weighted by Crippen LogP contribution is 2.28. The monoisotopic (exact) mass is 344 g/mol. The van der Waals surface area contributed by atoms with Crippen LogP contribution >= 0.6 is 0 Å². The van der Waals surface area contributed by atoms with Crippen molar-refractivity contribution in [3.8, 4) is 22.3 Å². The van der Waals surface area contributed by atoms with Crippen LogP contribution in [0, 0.1) is 0 Å². The zero-order chi connectivity index (χ0) is 17.9. The van der Waals surface area contributed by atoms with Crippen LogP contribution in [0.5, 0.6) is 0 Å². The summed E-state index contributed by atoms with van der Waals surface area (Å²) in [6.07, 6.45) is 5.24. The van der Waals surface area contributed by atoms with Crippen LogP contribution in [0.15, 0.2) is 67.3 Å². The molecular formula is C22H24N4. The number of nitrogens with zero attached hydrogens (tertiary/aromatic N) is 4. The van der Waals surface area contributed by atoms with E-state index in [1.165, 1.54) is 16.7 Å². The number of hydrogen-bond acceptors (Lipinski definition) is 4. The van der Waals surface area contributed by atoms with Crippen LogP contribution in [-0.4, -0.2) is 53.5 Å². The van der Waals surface area contributed by atoms with E-state index in [2.05, 4.69) is 82.4 Å². The van der Waals surface area contributed by atoms with Gasteiger partial charge in [0.15, 0.2) is 0 Å². The average molecular weight is 344 g/mol. The van der Waals surface area contributed by atoms with Crippen LogP contribution in [0.1, 0.15) is 11.6 Å². The molecule has 1 saturated heterocycles. The lowest BCUT2D eigenvalue weighted by Gasteiger charge is -2.38. The molecule has 4 nitrogen and oxygen atoms in total. The fourth-order valence-electron chi connectivity index (χ4n) is 3.57. The molecule has 1 fully saturated rings. The number of rotatable bonds is 3. The largest absolute Gasteiger partial charge is 0.303 e. The second-order valence-corrected chi connectivity index (χ2v) is 7.09. The van der Waals surface area contributed by atoms with Gasteiger partial charge < -0.3 is 4.90 Å². The number of piperazine rings is 1. The van der Waals surface area contributed by atoms with E-state index in [1.807, 2.05) is 12.4 Å². The fraction of sp³-hybridized carbons (Fsp3) is 0.273. The van der Waals surface area contributed by atoms with Crippen molar-refractivity contribution < 1.29 is 0 Å². The predicted octanol–water partition coefficient (Wildman–Crippen LogP) is 3.73. The highest BCUT2D eigenvalue weighted by molar-refractivity contribution is 5.69. The maximum Gasteiger partial charge on any atom is 0.115 e. The Hall–Kier alpha value is -2.56. The summed E-state index contributed by atoms with van der Waals surface area (Å²) in [4.78, 5) is 13.0. The van der Waals surface area contributed by atoms with Gasteiger partial charge in [-0.25, -0.2) is 9.97 Å². The molecule has 1 aromatic heterocycles. The minimum Gasteiger partial charge on any atom is -0.303 e. The molecule has 0 radical (unpaired) electrons. The summed E-state index contributed by atoms with van der Waals surface area (Å²) >= 11 is 0. The van der Waals surface area contributed by atoms with Crippen molar-refractivity contribution >= 4 is 0 Å². The summed E-state index contributed by atoms with van der Waals surface area (Å²) in [5, 5.41) is 0. The standard InChI is InChI=1S/C22H24N4/c1-25-11-12-26(2)22(15-25)20-9-7-18(8-10-20)17-3-5-19(6-4-17)21-13-23-16-24-14-21/h3-10,13-14,16,22H,11-12,15H2,1-2H3. The van der Waals surface area contributed by atoms with Gasteiger partial charge in [0.1, 0.15) is 6.33 Å². The van der Waals surface area contributed by atoms with Gasteiger partial charge >= 0.3 is 0 Å². The Kier molecular flexibility index (Phi) is 4.78. The van der Waals surface area contributed by atoms with Crippen molar-refractivity contribution in [2.24, 2.45) is 0 Å². The van der Waals surface area contributed by atoms with E-state index in [1.54, 1.807) is 6.33 Å². The SMILES string of the molecule is CN1CCN(C)C(c2ccc(-c3ccc(-c4cncnc4)cc3)cc2)C1. The summed E-state index contributed by atoms with van der Waals surface area (Å²) in [6, 6.07) is 18.1. The van der Waals surface area contributed by atoms with Gasteiger partial charge in [-0.2, -0.15) is 0 Å². The molecule has 4 rings (SSSR count). The van der Waals surface area contributed by atoms with E-state index in [9.17, 15) is 0 Å². The van der Waals surface area contributed by atoms with Crippen LogP contribution in [0.4, 0.5) is 0 Å². The second kappa shape index (κ2) is 7.36. The molecule has 0 spiro atoms. The van der Waals surface area contributed by atoms with Crippen molar-refractivity contribution in [2.45, 2.75) is 6.04 Å². The van der Waals surface area contributed by atoms with Gasteiger partial charge in [-0.05, 0) is 36.3 Å². The highest BCUT2D eigenvalue weighted by atomic mass is 15.3. The van der Waals surface area contributed by atoms with E-state index in [-0.39, 0.29) is 0 Å². The van der Waals surface area contributed by atoms with E-state index in [0.717, 1.165) is 30.8 Å². The third-order valence-corrected chi connectivity index (χ3v) is 5.26. The molecule has 1 unspecified atom stereocenters. The van der Waals surface area contributed by atoms with Gasteiger partial charge in [-0.3, -0.25) is 4.90 Å².